The molecule has 2 aromatic heterocycles. The molecule has 0 radical (unpaired) electrons. The van der Waals surface area contributed by atoms with Crippen molar-refractivity contribution >= 4 is 33.2 Å². The molecule has 2 heterocycles. The van der Waals surface area contributed by atoms with Crippen LogP contribution < -0.4 is 5.73 Å². The van der Waals surface area contributed by atoms with Gasteiger partial charge >= 0.3 is 0 Å². The Morgan fingerprint density at radius 1 is 1.23 bits per heavy atom. The summed E-state index contributed by atoms with van der Waals surface area (Å²) in [7, 11) is -3.86. The molecule has 0 fully saturated rings. The molecule has 3 aromatic rings. The van der Waals surface area contributed by atoms with Crippen molar-refractivity contribution in [1.29, 1.82) is 0 Å². The third-order valence-corrected chi connectivity index (χ3v) is 5.24. The number of fused-ring (bicyclic) bond motifs is 1. The first-order valence-corrected chi connectivity index (χ1v) is 8.82. The normalized spacial score (nSPS) is 11.9. The first kappa shape index (κ1) is 14.7. The molecule has 0 unspecified atom stereocenters. The maximum absolute atomic E-state index is 12.6. The molecule has 0 saturated carbocycles. The fourth-order valence-electron chi connectivity index (χ4n) is 1.84. The highest BCUT2D eigenvalue weighted by molar-refractivity contribution is 7.99. The average Bonchev–Trinajstić information content (AvgIpc) is 2.92. The smallest absolute Gasteiger partial charge is 0.274 e. The molecule has 0 saturated heterocycles. The summed E-state index contributed by atoms with van der Waals surface area (Å²) < 4.78 is 26.4. The van der Waals surface area contributed by atoms with Gasteiger partial charge in [-0.2, -0.15) is 9.50 Å². The van der Waals surface area contributed by atoms with Crippen molar-refractivity contribution in [1.82, 2.24) is 24.8 Å². The first-order chi connectivity index (χ1) is 10.5. The summed E-state index contributed by atoms with van der Waals surface area (Å²) in [6.07, 6.45) is 0. The van der Waals surface area contributed by atoms with Gasteiger partial charge in [0.2, 0.25) is 20.0 Å². The number of aromatic nitrogens is 5. The maximum atomic E-state index is 12.6. The lowest BCUT2D eigenvalue weighted by molar-refractivity contribution is 0.589. The monoisotopic (exact) mass is 336 g/mol. The Bertz CT molecular complexity index is 923. The third kappa shape index (κ3) is 2.40. The van der Waals surface area contributed by atoms with Gasteiger partial charge < -0.3 is 5.73 Å². The minimum Gasteiger partial charge on any atom is -0.381 e. The Kier molecular flexibility index (Phi) is 3.71. The minimum atomic E-state index is -3.86. The zero-order valence-electron chi connectivity index (χ0n) is 11.5. The Morgan fingerprint density at radius 3 is 2.64 bits per heavy atom. The molecule has 8 nitrogen and oxygen atoms in total. The van der Waals surface area contributed by atoms with E-state index >= 15 is 0 Å². The van der Waals surface area contributed by atoms with Crippen LogP contribution in [0.25, 0.3) is 5.78 Å². The fourth-order valence-corrected chi connectivity index (χ4v) is 3.63. The van der Waals surface area contributed by atoms with Gasteiger partial charge in [-0.05, 0) is 17.9 Å². The number of sulfone groups is 1. The van der Waals surface area contributed by atoms with Gasteiger partial charge in [0.25, 0.3) is 5.78 Å². The SMILES string of the molecule is CCSc1nc2nnc(S(=O)(=O)c3ccccc3)c(N)n2n1. The van der Waals surface area contributed by atoms with E-state index in [1.165, 1.54) is 28.4 Å². The zero-order valence-corrected chi connectivity index (χ0v) is 13.2. The lowest BCUT2D eigenvalue weighted by atomic mass is 10.4. The van der Waals surface area contributed by atoms with Crippen LogP contribution in [0.1, 0.15) is 6.92 Å². The van der Waals surface area contributed by atoms with Crippen LogP contribution in [0.15, 0.2) is 45.4 Å². The van der Waals surface area contributed by atoms with E-state index in [4.69, 9.17) is 5.73 Å². The van der Waals surface area contributed by atoms with Crippen molar-refractivity contribution in [3.8, 4) is 0 Å². The number of nitrogen functional groups attached to an aromatic ring is 1. The molecule has 3 rings (SSSR count). The predicted octanol–water partition coefficient (Wildman–Crippen LogP) is 1.05. The van der Waals surface area contributed by atoms with Gasteiger partial charge in [-0.25, -0.2) is 8.42 Å². The van der Waals surface area contributed by atoms with Gasteiger partial charge in [0.05, 0.1) is 4.90 Å². The molecule has 10 heteroatoms. The van der Waals surface area contributed by atoms with Crippen LogP contribution in [0, 0.1) is 0 Å². The van der Waals surface area contributed by atoms with Crippen LogP contribution in [0.2, 0.25) is 0 Å². The van der Waals surface area contributed by atoms with Crippen molar-refractivity contribution in [2.75, 3.05) is 11.5 Å². The first-order valence-electron chi connectivity index (χ1n) is 6.36. The van der Waals surface area contributed by atoms with Gasteiger partial charge in [0, 0.05) is 0 Å². The Balaban J connectivity index is 2.18. The summed E-state index contributed by atoms with van der Waals surface area (Å²) in [5, 5.41) is 11.8. The lowest BCUT2D eigenvalue weighted by Gasteiger charge is -2.06. The van der Waals surface area contributed by atoms with Crippen LogP contribution >= 0.6 is 11.8 Å². The average molecular weight is 336 g/mol. The largest absolute Gasteiger partial charge is 0.381 e. The summed E-state index contributed by atoms with van der Waals surface area (Å²) in [6.45, 7) is 1.96. The summed E-state index contributed by atoms with van der Waals surface area (Å²) >= 11 is 1.40. The molecule has 1 aromatic carbocycles. The number of nitrogens with two attached hydrogens (primary N) is 1. The van der Waals surface area contributed by atoms with E-state index in [2.05, 4.69) is 20.3 Å². The summed E-state index contributed by atoms with van der Waals surface area (Å²) in [4.78, 5) is 4.22. The number of thioether (sulfide) groups is 1. The fraction of sp³-hybridized carbons (Fsp3) is 0.167. The van der Waals surface area contributed by atoms with E-state index in [9.17, 15) is 8.42 Å². The number of nitrogens with zero attached hydrogens (tertiary/aromatic N) is 5. The second kappa shape index (κ2) is 5.54. The molecule has 0 bridgehead atoms. The second-order valence-corrected chi connectivity index (χ2v) is 7.34. The molecule has 2 N–H and O–H groups in total. The topological polar surface area (TPSA) is 116 Å². The Hall–Kier alpha value is -2.20. The molecule has 0 aliphatic carbocycles. The van der Waals surface area contributed by atoms with Gasteiger partial charge in [-0.3, -0.25) is 0 Å². The van der Waals surface area contributed by atoms with E-state index in [0.29, 0.717) is 5.16 Å². The number of anilines is 1. The summed E-state index contributed by atoms with van der Waals surface area (Å²) in [5.74, 6) is 0.837. The highest BCUT2D eigenvalue weighted by Gasteiger charge is 2.25. The number of hydrogen-bond acceptors (Lipinski definition) is 8. The van der Waals surface area contributed by atoms with E-state index in [1.54, 1.807) is 18.2 Å². The summed E-state index contributed by atoms with van der Waals surface area (Å²) in [6, 6.07) is 7.92. The van der Waals surface area contributed by atoms with Crippen LogP contribution in [0.3, 0.4) is 0 Å². The highest BCUT2D eigenvalue weighted by Crippen LogP contribution is 2.24. The van der Waals surface area contributed by atoms with Crippen LogP contribution in [-0.2, 0) is 9.84 Å². The number of hydrogen-bond donors (Lipinski definition) is 1. The van der Waals surface area contributed by atoms with Gasteiger partial charge in [-0.15, -0.1) is 15.3 Å². The molecule has 0 aliphatic rings. The maximum Gasteiger partial charge on any atom is 0.274 e. The minimum absolute atomic E-state index is 0.0959. The zero-order chi connectivity index (χ0) is 15.7. The van der Waals surface area contributed by atoms with Crippen molar-refractivity contribution in [2.24, 2.45) is 0 Å². The van der Waals surface area contributed by atoms with Crippen molar-refractivity contribution in [3.63, 3.8) is 0 Å². The van der Waals surface area contributed by atoms with E-state index < -0.39 is 9.84 Å². The molecular weight excluding hydrogens is 324 g/mol. The Labute approximate surface area is 130 Å². The van der Waals surface area contributed by atoms with Crippen LogP contribution in [-0.4, -0.2) is 39.0 Å². The molecule has 0 aliphatic heterocycles. The third-order valence-electron chi connectivity index (χ3n) is 2.83. The Morgan fingerprint density at radius 2 is 1.95 bits per heavy atom. The van der Waals surface area contributed by atoms with Crippen molar-refractivity contribution < 1.29 is 8.42 Å². The van der Waals surface area contributed by atoms with Crippen LogP contribution in [0.5, 0.6) is 0 Å². The van der Waals surface area contributed by atoms with Gasteiger partial charge in [0.15, 0.2) is 5.82 Å². The molecule has 114 valence electrons. The molecule has 22 heavy (non-hydrogen) atoms. The van der Waals surface area contributed by atoms with E-state index in [-0.39, 0.29) is 21.5 Å². The molecular formula is C12H12N6O2S2. The predicted molar refractivity (Wildman–Crippen MR) is 81.3 cm³/mol. The van der Waals surface area contributed by atoms with Crippen molar-refractivity contribution in [2.45, 2.75) is 22.0 Å². The molecule has 0 atom stereocenters. The van der Waals surface area contributed by atoms with Gasteiger partial charge in [0.1, 0.15) is 0 Å². The number of benzene rings is 1. The van der Waals surface area contributed by atoms with Crippen molar-refractivity contribution in [3.05, 3.63) is 30.3 Å². The standard InChI is InChI=1S/C12H12N6O2S2/c1-2-21-12-14-11-16-15-10(9(13)18(11)17-12)22(19,20)8-6-4-3-5-7-8/h3-7H,2,13H2,1H3. The van der Waals surface area contributed by atoms with Gasteiger partial charge in [-0.1, -0.05) is 36.9 Å². The van der Waals surface area contributed by atoms with E-state index in [0.717, 1.165) is 5.75 Å². The van der Waals surface area contributed by atoms with E-state index in [1.807, 2.05) is 6.92 Å². The molecule has 0 amide bonds. The lowest BCUT2D eigenvalue weighted by Crippen LogP contribution is -2.13. The highest BCUT2D eigenvalue weighted by atomic mass is 32.2. The summed E-state index contributed by atoms with van der Waals surface area (Å²) in [5.41, 5.74) is 5.92. The van der Waals surface area contributed by atoms with Crippen LogP contribution in [0.4, 0.5) is 5.82 Å². The number of rotatable bonds is 4. The quantitative estimate of drug-likeness (QED) is 0.703. The second-order valence-electron chi connectivity index (χ2n) is 4.25. The molecule has 0 spiro atoms.